The predicted molar refractivity (Wildman–Crippen MR) is 116 cm³/mol. The molecule has 3 aromatic rings. The summed E-state index contributed by atoms with van der Waals surface area (Å²) in [5.74, 6) is -1.13. The molecule has 2 N–H and O–H groups in total. The molecule has 0 fully saturated rings. The lowest BCUT2D eigenvalue weighted by Gasteiger charge is -2.28. The summed E-state index contributed by atoms with van der Waals surface area (Å²) in [7, 11) is 0. The van der Waals surface area contributed by atoms with E-state index < -0.39 is 23.2 Å². The maximum Gasteiger partial charge on any atom is 0.408 e. The molecule has 2 aromatic carbocycles. The van der Waals surface area contributed by atoms with Crippen molar-refractivity contribution in [3.8, 4) is 11.1 Å². The van der Waals surface area contributed by atoms with Crippen LogP contribution in [0.5, 0.6) is 0 Å². The number of carboxylic acids is 1. The fourth-order valence-corrected chi connectivity index (χ4v) is 3.15. The minimum absolute atomic E-state index is 0.123. The number of amides is 1. The molecule has 0 saturated heterocycles. The van der Waals surface area contributed by atoms with Crippen LogP contribution in [0.15, 0.2) is 60.8 Å². The smallest absolute Gasteiger partial charge is 0.408 e. The number of rotatable bonds is 5. The SMILES string of the molecule is CC(C)(C)OC(=O)N[C@@](C)(Cc1ccc(-c2cnc3ccccc3c2)cc1)C(=O)O. The number of hydrogen-bond donors (Lipinski definition) is 2. The molecule has 0 aliphatic carbocycles. The van der Waals surface area contributed by atoms with E-state index in [0.29, 0.717) is 0 Å². The van der Waals surface area contributed by atoms with Crippen LogP contribution in [0.2, 0.25) is 0 Å². The zero-order valence-electron chi connectivity index (χ0n) is 17.6. The second kappa shape index (κ2) is 8.14. The Morgan fingerprint density at radius 2 is 1.67 bits per heavy atom. The summed E-state index contributed by atoms with van der Waals surface area (Å²) in [6.45, 7) is 6.65. The minimum Gasteiger partial charge on any atom is -0.480 e. The molecule has 0 spiro atoms. The Morgan fingerprint density at radius 1 is 1.00 bits per heavy atom. The van der Waals surface area contributed by atoms with Crippen LogP contribution in [-0.2, 0) is 16.0 Å². The molecule has 3 rings (SSSR count). The molecule has 156 valence electrons. The van der Waals surface area contributed by atoms with Gasteiger partial charge in [-0.05, 0) is 51.0 Å². The Bertz CT molecular complexity index is 1070. The van der Waals surface area contributed by atoms with Crippen molar-refractivity contribution in [1.82, 2.24) is 10.3 Å². The Hall–Kier alpha value is -3.41. The maximum absolute atomic E-state index is 12.1. The summed E-state index contributed by atoms with van der Waals surface area (Å²) >= 11 is 0. The van der Waals surface area contributed by atoms with E-state index >= 15 is 0 Å². The molecule has 0 aliphatic rings. The topological polar surface area (TPSA) is 88.5 Å². The standard InChI is InChI=1S/C24H26N2O4/c1-23(2,3)30-22(29)26-24(4,21(27)28)14-16-9-11-17(12-10-16)19-13-18-7-5-6-8-20(18)25-15-19/h5-13,15H,14H2,1-4H3,(H,26,29)(H,27,28)/t24-/m0/s1. The van der Waals surface area contributed by atoms with Crippen LogP contribution < -0.4 is 5.32 Å². The number of carbonyl (C=O) groups is 2. The Kier molecular flexibility index (Phi) is 5.78. The highest BCUT2D eigenvalue weighted by Gasteiger charge is 2.36. The van der Waals surface area contributed by atoms with Crippen molar-refractivity contribution >= 4 is 23.0 Å². The van der Waals surface area contributed by atoms with E-state index in [-0.39, 0.29) is 6.42 Å². The van der Waals surface area contributed by atoms with E-state index in [4.69, 9.17) is 4.74 Å². The summed E-state index contributed by atoms with van der Waals surface area (Å²) in [6, 6.07) is 17.6. The second-order valence-electron chi connectivity index (χ2n) is 8.55. The maximum atomic E-state index is 12.1. The lowest BCUT2D eigenvalue weighted by molar-refractivity contribution is -0.144. The number of alkyl carbamates (subject to hydrolysis) is 1. The zero-order chi connectivity index (χ0) is 21.9. The van der Waals surface area contributed by atoms with Gasteiger partial charge in [0, 0.05) is 23.6 Å². The van der Waals surface area contributed by atoms with Gasteiger partial charge in [0.1, 0.15) is 11.1 Å². The lowest BCUT2D eigenvalue weighted by atomic mass is 9.92. The van der Waals surface area contributed by atoms with Crippen LogP contribution in [0.25, 0.3) is 22.0 Å². The molecule has 0 radical (unpaired) electrons. The van der Waals surface area contributed by atoms with Gasteiger partial charge in [-0.15, -0.1) is 0 Å². The molecule has 1 amide bonds. The van der Waals surface area contributed by atoms with Gasteiger partial charge in [-0.25, -0.2) is 9.59 Å². The number of fused-ring (bicyclic) bond motifs is 1. The van der Waals surface area contributed by atoms with Crippen molar-refractivity contribution in [3.05, 3.63) is 66.4 Å². The van der Waals surface area contributed by atoms with Crippen molar-refractivity contribution in [2.24, 2.45) is 0 Å². The first-order valence-corrected chi connectivity index (χ1v) is 9.74. The largest absolute Gasteiger partial charge is 0.480 e. The van der Waals surface area contributed by atoms with E-state index in [0.717, 1.165) is 27.6 Å². The quantitative estimate of drug-likeness (QED) is 0.635. The number of nitrogens with zero attached hydrogens (tertiary/aromatic N) is 1. The van der Waals surface area contributed by atoms with Crippen LogP contribution in [0.3, 0.4) is 0 Å². The summed E-state index contributed by atoms with van der Waals surface area (Å²) in [6.07, 6.45) is 1.19. The van der Waals surface area contributed by atoms with Crippen molar-refractivity contribution in [2.45, 2.75) is 45.3 Å². The molecule has 0 unspecified atom stereocenters. The number of pyridine rings is 1. The van der Waals surface area contributed by atoms with E-state index in [1.807, 2.05) is 54.7 Å². The first-order valence-electron chi connectivity index (χ1n) is 9.74. The number of carbonyl (C=O) groups excluding carboxylic acids is 1. The molecule has 6 heteroatoms. The molecular weight excluding hydrogens is 380 g/mol. The van der Waals surface area contributed by atoms with E-state index in [1.54, 1.807) is 20.8 Å². The third-order valence-electron chi connectivity index (χ3n) is 4.68. The van der Waals surface area contributed by atoms with Gasteiger partial charge in [0.25, 0.3) is 0 Å². The fourth-order valence-electron chi connectivity index (χ4n) is 3.15. The van der Waals surface area contributed by atoms with E-state index in [9.17, 15) is 14.7 Å². The first-order chi connectivity index (χ1) is 14.1. The van der Waals surface area contributed by atoms with Gasteiger partial charge >= 0.3 is 12.1 Å². The predicted octanol–water partition coefficient (Wildman–Crippen LogP) is 4.81. The van der Waals surface area contributed by atoms with Crippen LogP contribution >= 0.6 is 0 Å². The van der Waals surface area contributed by atoms with Gasteiger partial charge in [-0.1, -0.05) is 42.5 Å². The Morgan fingerprint density at radius 3 is 2.30 bits per heavy atom. The highest BCUT2D eigenvalue weighted by atomic mass is 16.6. The summed E-state index contributed by atoms with van der Waals surface area (Å²) in [5, 5.41) is 13.2. The number of nitrogens with one attached hydrogen (secondary N) is 1. The highest BCUT2D eigenvalue weighted by molar-refractivity contribution is 5.85. The van der Waals surface area contributed by atoms with Gasteiger partial charge in [0.05, 0.1) is 5.52 Å². The molecule has 1 heterocycles. The number of aliphatic carboxylic acids is 1. The number of hydrogen-bond acceptors (Lipinski definition) is 4. The Balaban J connectivity index is 1.78. The number of aromatic nitrogens is 1. The fraction of sp³-hybridized carbons (Fsp3) is 0.292. The molecular formula is C24H26N2O4. The van der Waals surface area contributed by atoms with Gasteiger partial charge in [-0.2, -0.15) is 0 Å². The molecule has 1 aromatic heterocycles. The second-order valence-corrected chi connectivity index (χ2v) is 8.55. The number of benzene rings is 2. The van der Waals surface area contributed by atoms with Gasteiger partial charge in [0.2, 0.25) is 0 Å². The van der Waals surface area contributed by atoms with Crippen LogP contribution in [-0.4, -0.2) is 33.3 Å². The molecule has 6 nitrogen and oxygen atoms in total. The van der Waals surface area contributed by atoms with E-state index in [1.165, 1.54) is 6.92 Å². The average molecular weight is 406 g/mol. The molecule has 0 bridgehead atoms. The van der Waals surface area contributed by atoms with Crippen molar-refractivity contribution < 1.29 is 19.4 Å². The lowest BCUT2D eigenvalue weighted by Crippen LogP contribution is -2.54. The van der Waals surface area contributed by atoms with Crippen molar-refractivity contribution in [2.75, 3.05) is 0 Å². The number of para-hydroxylation sites is 1. The first kappa shape index (κ1) is 21.3. The summed E-state index contributed by atoms with van der Waals surface area (Å²) in [4.78, 5) is 28.5. The van der Waals surface area contributed by atoms with Crippen LogP contribution in [0.4, 0.5) is 4.79 Å². The van der Waals surface area contributed by atoms with Crippen molar-refractivity contribution in [3.63, 3.8) is 0 Å². The minimum atomic E-state index is -1.49. The molecule has 30 heavy (non-hydrogen) atoms. The highest BCUT2D eigenvalue weighted by Crippen LogP contribution is 2.24. The normalized spacial score (nSPS) is 13.5. The summed E-state index contributed by atoms with van der Waals surface area (Å²) in [5.41, 5.74) is 1.48. The van der Waals surface area contributed by atoms with Gasteiger partial charge in [0.15, 0.2) is 0 Å². The van der Waals surface area contributed by atoms with Gasteiger partial charge in [-0.3, -0.25) is 4.98 Å². The molecule has 1 atom stereocenters. The monoisotopic (exact) mass is 406 g/mol. The van der Waals surface area contributed by atoms with Gasteiger partial charge < -0.3 is 15.2 Å². The third-order valence-corrected chi connectivity index (χ3v) is 4.68. The molecule has 0 saturated carbocycles. The number of carboxylic acid groups (broad SMARTS) is 1. The number of ether oxygens (including phenoxy) is 1. The average Bonchev–Trinajstić information content (AvgIpc) is 2.66. The van der Waals surface area contributed by atoms with E-state index in [2.05, 4.69) is 16.4 Å². The van der Waals surface area contributed by atoms with Crippen LogP contribution in [0.1, 0.15) is 33.3 Å². The van der Waals surface area contributed by atoms with Crippen molar-refractivity contribution in [1.29, 1.82) is 0 Å². The summed E-state index contributed by atoms with van der Waals surface area (Å²) < 4.78 is 5.21. The van der Waals surface area contributed by atoms with Crippen LogP contribution in [0, 0.1) is 0 Å². The molecule has 0 aliphatic heterocycles. The third kappa shape index (κ3) is 5.14. The zero-order valence-corrected chi connectivity index (χ0v) is 17.6. The Labute approximate surface area is 175 Å².